The molecule has 0 radical (unpaired) electrons. The lowest BCUT2D eigenvalue weighted by atomic mass is 9.80. The number of nitrogens with one attached hydrogen (secondary N) is 2. The Morgan fingerprint density at radius 3 is 2.30 bits per heavy atom. The number of nitrogens with two attached hydrogens (primary N) is 1. The van der Waals surface area contributed by atoms with Gasteiger partial charge >= 0.3 is 0 Å². The molecule has 1 spiro atoms. The lowest BCUT2D eigenvalue weighted by molar-refractivity contribution is -0.134. The fourth-order valence-corrected chi connectivity index (χ4v) is 4.11. The molecule has 1 saturated heterocycles. The molecule has 1 heterocycles. The second kappa shape index (κ2) is 5.02. The van der Waals surface area contributed by atoms with E-state index in [1.165, 1.54) is 0 Å². The minimum absolute atomic E-state index is 0.0626. The molecule has 3 rings (SSSR count). The molecular weight excluding hydrogens is 254 g/mol. The quantitative estimate of drug-likeness (QED) is 0.710. The highest BCUT2D eigenvalue weighted by Crippen LogP contribution is 2.58. The number of amides is 2. The van der Waals surface area contributed by atoms with E-state index in [9.17, 15) is 9.59 Å². The van der Waals surface area contributed by atoms with Crippen molar-refractivity contribution in [2.45, 2.75) is 56.9 Å². The Labute approximate surface area is 120 Å². The highest BCUT2D eigenvalue weighted by atomic mass is 16.2. The number of hydrogen-bond acceptors (Lipinski definition) is 3. The average Bonchev–Trinajstić information content (AvgIpc) is 3.14. The summed E-state index contributed by atoms with van der Waals surface area (Å²) in [4.78, 5) is 24.3. The number of primary amides is 1. The molecule has 0 aromatic carbocycles. The van der Waals surface area contributed by atoms with E-state index in [4.69, 9.17) is 5.73 Å². The van der Waals surface area contributed by atoms with Gasteiger partial charge in [0.1, 0.15) is 5.54 Å². The second-order valence-electron chi connectivity index (χ2n) is 6.87. The molecule has 5 heteroatoms. The summed E-state index contributed by atoms with van der Waals surface area (Å²) < 4.78 is 0. The average molecular weight is 279 g/mol. The molecular formula is C15H25N3O2. The van der Waals surface area contributed by atoms with Crippen LogP contribution in [0.15, 0.2) is 0 Å². The normalized spacial score (nSPS) is 30.7. The largest absolute Gasteiger partial charge is 0.368 e. The maximum atomic E-state index is 12.5. The van der Waals surface area contributed by atoms with Crippen LogP contribution in [0.2, 0.25) is 0 Å². The van der Waals surface area contributed by atoms with Crippen LogP contribution in [0.4, 0.5) is 0 Å². The topological polar surface area (TPSA) is 84.2 Å². The molecule has 2 amide bonds. The molecule has 5 nitrogen and oxygen atoms in total. The SMILES string of the molecule is NC(=O)C1(NC(=O)[C@H]2CC23CCNCC3)CCCCC1. The number of hydrogen-bond donors (Lipinski definition) is 3. The summed E-state index contributed by atoms with van der Waals surface area (Å²) in [7, 11) is 0. The van der Waals surface area contributed by atoms with Gasteiger partial charge in [-0.1, -0.05) is 19.3 Å². The molecule has 0 aromatic rings. The zero-order valence-electron chi connectivity index (χ0n) is 12.0. The Morgan fingerprint density at radius 2 is 1.70 bits per heavy atom. The summed E-state index contributed by atoms with van der Waals surface area (Å²) in [5.74, 6) is -0.194. The van der Waals surface area contributed by atoms with Crippen LogP contribution in [0.5, 0.6) is 0 Å². The van der Waals surface area contributed by atoms with Gasteiger partial charge < -0.3 is 16.4 Å². The van der Waals surface area contributed by atoms with Crippen molar-refractivity contribution in [1.82, 2.24) is 10.6 Å². The maximum Gasteiger partial charge on any atom is 0.243 e. The lowest BCUT2D eigenvalue weighted by Gasteiger charge is -2.35. The number of rotatable bonds is 3. The summed E-state index contributed by atoms with van der Waals surface area (Å²) in [6, 6.07) is 0. The van der Waals surface area contributed by atoms with Crippen LogP contribution in [-0.2, 0) is 9.59 Å². The van der Waals surface area contributed by atoms with Crippen LogP contribution in [0.3, 0.4) is 0 Å². The van der Waals surface area contributed by atoms with Gasteiger partial charge in [-0.2, -0.15) is 0 Å². The van der Waals surface area contributed by atoms with Crippen LogP contribution < -0.4 is 16.4 Å². The van der Waals surface area contributed by atoms with Crippen molar-refractivity contribution >= 4 is 11.8 Å². The van der Waals surface area contributed by atoms with Crippen LogP contribution in [0, 0.1) is 11.3 Å². The molecule has 2 aliphatic carbocycles. The van der Waals surface area contributed by atoms with E-state index in [-0.39, 0.29) is 23.1 Å². The van der Waals surface area contributed by atoms with Gasteiger partial charge in [-0.3, -0.25) is 9.59 Å². The van der Waals surface area contributed by atoms with E-state index in [0.29, 0.717) is 12.8 Å². The van der Waals surface area contributed by atoms with Crippen LogP contribution in [-0.4, -0.2) is 30.4 Å². The lowest BCUT2D eigenvalue weighted by Crippen LogP contribution is -2.59. The molecule has 0 bridgehead atoms. The van der Waals surface area contributed by atoms with Crippen molar-refractivity contribution in [1.29, 1.82) is 0 Å². The predicted octanol–water partition coefficient (Wildman–Crippen LogP) is 0.680. The van der Waals surface area contributed by atoms with E-state index in [1.807, 2.05) is 0 Å². The van der Waals surface area contributed by atoms with Gasteiger partial charge in [0.25, 0.3) is 0 Å². The summed E-state index contributed by atoms with van der Waals surface area (Å²) in [5.41, 5.74) is 5.02. The van der Waals surface area contributed by atoms with E-state index >= 15 is 0 Å². The fourth-order valence-electron chi connectivity index (χ4n) is 4.11. The van der Waals surface area contributed by atoms with Gasteiger partial charge in [0.05, 0.1) is 0 Å². The first-order chi connectivity index (χ1) is 9.58. The third kappa shape index (κ3) is 2.32. The monoisotopic (exact) mass is 279 g/mol. The summed E-state index contributed by atoms with van der Waals surface area (Å²) >= 11 is 0. The van der Waals surface area contributed by atoms with Crippen molar-refractivity contribution in [2.24, 2.45) is 17.1 Å². The Hall–Kier alpha value is -1.10. The van der Waals surface area contributed by atoms with Gasteiger partial charge in [0, 0.05) is 5.92 Å². The molecule has 1 aliphatic heterocycles. The Balaban J connectivity index is 1.64. The Morgan fingerprint density at radius 1 is 1.05 bits per heavy atom. The number of piperidine rings is 1. The molecule has 20 heavy (non-hydrogen) atoms. The zero-order valence-corrected chi connectivity index (χ0v) is 12.0. The first kappa shape index (κ1) is 13.9. The smallest absolute Gasteiger partial charge is 0.243 e. The Bertz CT molecular complexity index is 409. The van der Waals surface area contributed by atoms with Gasteiger partial charge in [-0.25, -0.2) is 0 Å². The predicted molar refractivity (Wildman–Crippen MR) is 75.8 cm³/mol. The fraction of sp³-hybridized carbons (Fsp3) is 0.867. The first-order valence-electron chi connectivity index (χ1n) is 7.91. The second-order valence-corrected chi connectivity index (χ2v) is 6.87. The van der Waals surface area contributed by atoms with Crippen molar-refractivity contribution in [2.75, 3.05) is 13.1 Å². The molecule has 112 valence electrons. The van der Waals surface area contributed by atoms with Crippen LogP contribution in [0.25, 0.3) is 0 Å². The van der Waals surface area contributed by atoms with E-state index in [0.717, 1.165) is 51.6 Å². The minimum Gasteiger partial charge on any atom is -0.368 e. The third-order valence-corrected chi connectivity index (χ3v) is 5.65. The van der Waals surface area contributed by atoms with Gasteiger partial charge in [0.2, 0.25) is 11.8 Å². The molecule has 2 saturated carbocycles. The molecule has 1 atom stereocenters. The van der Waals surface area contributed by atoms with E-state index in [1.54, 1.807) is 0 Å². The van der Waals surface area contributed by atoms with Crippen molar-refractivity contribution in [3.63, 3.8) is 0 Å². The Kier molecular flexibility index (Phi) is 3.48. The molecule has 3 fully saturated rings. The zero-order chi connectivity index (χ0) is 14.2. The van der Waals surface area contributed by atoms with Crippen molar-refractivity contribution in [3.05, 3.63) is 0 Å². The number of carbonyl (C=O) groups is 2. The third-order valence-electron chi connectivity index (χ3n) is 5.65. The van der Waals surface area contributed by atoms with Crippen LogP contribution in [0.1, 0.15) is 51.4 Å². The van der Waals surface area contributed by atoms with Gasteiger partial charge in [0.15, 0.2) is 0 Å². The van der Waals surface area contributed by atoms with Crippen LogP contribution >= 0.6 is 0 Å². The highest BCUT2D eigenvalue weighted by Gasteiger charge is 2.58. The summed E-state index contributed by atoms with van der Waals surface area (Å²) in [5, 5.41) is 6.37. The highest BCUT2D eigenvalue weighted by molar-refractivity contribution is 5.92. The van der Waals surface area contributed by atoms with Gasteiger partial charge in [-0.15, -0.1) is 0 Å². The molecule has 0 aromatic heterocycles. The van der Waals surface area contributed by atoms with Crippen molar-refractivity contribution < 1.29 is 9.59 Å². The van der Waals surface area contributed by atoms with Crippen molar-refractivity contribution in [3.8, 4) is 0 Å². The summed E-state index contributed by atoms with van der Waals surface area (Å²) in [6.07, 6.45) is 7.62. The summed E-state index contributed by atoms with van der Waals surface area (Å²) in [6.45, 7) is 2.01. The molecule has 4 N–H and O–H groups in total. The molecule has 3 aliphatic rings. The van der Waals surface area contributed by atoms with E-state index < -0.39 is 5.54 Å². The van der Waals surface area contributed by atoms with E-state index in [2.05, 4.69) is 10.6 Å². The maximum absolute atomic E-state index is 12.5. The van der Waals surface area contributed by atoms with Gasteiger partial charge in [-0.05, 0) is 50.6 Å². The standard InChI is InChI=1S/C15H25N3O2/c16-13(20)15(4-2-1-3-5-15)18-12(19)11-10-14(11)6-8-17-9-7-14/h11,17H,1-10H2,(H2,16,20)(H,18,19)/t11-/m1/s1. The first-order valence-corrected chi connectivity index (χ1v) is 7.91. The minimum atomic E-state index is -0.772. The number of carbonyl (C=O) groups excluding carboxylic acids is 2. The molecule has 0 unspecified atom stereocenters.